The highest BCUT2D eigenvalue weighted by atomic mass is 35.5. The van der Waals surface area contributed by atoms with Gasteiger partial charge < -0.3 is 14.8 Å². The molecule has 0 spiro atoms. The van der Waals surface area contributed by atoms with Crippen LogP contribution in [-0.4, -0.2) is 25.2 Å². The Morgan fingerprint density at radius 1 is 1.12 bits per heavy atom. The minimum atomic E-state index is -0.358. The molecule has 5 nitrogen and oxygen atoms in total. The molecule has 0 aromatic heterocycles. The number of hydrogen-bond donors (Lipinski definition) is 2. The van der Waals surface area contributed by atoms with Gasteiger partial charge >= 0.3 is 0 Å². The maximum absolute atomic E-state index is 12.0. The zero-order valence-electron chi connectivity index (χ0n) is 13.7. The van der Waals surface area contributed by atoms with Crippen molar-refractivity contribution in [2.75, 3.05) is 19.5 Å². The number of carbonyl (C=O) groups excluding carboxylic acids is 1. The van der Waals surface area contributed by atoms with Crippen molar-refractivity contribution < 1.29 is 14.3 Å². The lowest BCUT2D eigenvalue weighted by atomic mass is 10.2. The maximum atomic E-state index is 12.0. The van der Waals surface area contributed by atoms with Gasteiger partial charge in [0.05, 0.1) is 19.2 Å². The molecule has 0 saturated heterocycles. The van der Waals surface area contributed by atoms with Crippen LogP contribution in [0.25, 0.3) is 6.08 Å². The topological polar surface area (TPSA) is 59.6 Å². The number of methoxy groups -OCH3 is 2. The van der Waals surface area contributed by atoms with Crippen molar-refractivity contribution in [3.63, 3.8) is 0 Å². The molecule has 2 rings (SSSR count). The van der Waals surface area contributed by atoms with Gasteiger partial charge in [0.15, 0.2) is 5.11 Å². The van der Waals surface area contributed by atoms with Crippen LogP contribution in [0.5, 0.6) is 11.5 Å². The van der Waals surface area contributed by atoms with Crippen LogP contribution in [0.2, 0.25) is 5.02 Å². The molecule has 25 heavy (non-hydrogen) atoms. The quantitative estimate of drug-likeness (QED) is 0.612. The molecular weight excluding hydrogens is 360 g/mol. The fraction of sp³-hybridized carbons (Fsp3) is 0.111. The van der Waals surface area contributed by atoms with E-state index in [-0.39, 0.29) is 11.0 Å². The molecule has 0 atom stereocenters. The van der Waals surface area contributed by atoms with Gasteiger partial charge in [-0.25, -0.2) is 0 Å². The average Bonchev–Trinajstić information content (AvgIpc) is 2.60. The number of hydrogen-bond acceptors (Lipinski definition) is 4. The highest BCUT2D eigenvalue weighted by Crippen LogP contribution is 2.27. The molecule has 0 heterocycles. The predicted octanol–water partition coefficient (Wildman–Crippen LogP) is 3.88. The van der Waals surface area contributed by atoms with Gasteiger partial charge in [-0.3, -0.25) is 10.1 Å². The van der Waals surface area contributed by atoms with Gasteiger partial charge in [-0.05, 0) is 42.6 Å². The highest BCUT2D eigenvalue weighted by molar-refractivity contribution is 7.80. The van der Waals surface area contributed by atoms with E-state index >= 15 is 0 Å². The average molecular weight is 377 g/mol. The molecule has 2 aromatic rings. The summed E-state index contributed by atoms with van der Waals surface area (Å²) in [7, 11) is 3.11. The minimum Gasteiger partial charge on any atom is -0.496 e. The number of ether oxygens (including phenoxy) is 2. The first-order valence-electron chi connectivity index (χ1n) is 7.30. The molecule has 2 N–H and O–H groups in total. The number of amides is 1. The molecule has 7 heteroatoms. The lowest BCUT2D eigenvalue weighted by molar-refractivity contribution is -0.115. The summed E-state index contributed by atoms with van der Waals surface area (Å²) in [5.74, 6) is 0.880. The number of anilines is 1. The molecular formula is C18H17ClN2O3S. The van der Waals surface area contributed by atoms with Gasteiger partial charge in [-0.15, -0.1) is 0 Å². The highest BCUT2D eigenvalue weighted by Gasteiger charge is 2.05. The number of carbonyl (C=O) groups is 1. The van der Waals surface area contributed by atoms with Crippen molar-refractivity contribution in [2.24, 2.45) is 0 Å². The molecule has 1 amide bonds. The van der Waals surface area contributed by atoms with Crippen molar-refractivity contribution in [3.8, 4) is 11.5 Å². The fourth-order valence-corrected chi connectivity index (χ4v) is 2.51. The molecule has 0 bridgehead atoms. The molecule has 2 aromatic carbocycles. The second-order valence-electron chi connectivity index (χ2n) is 4.87. The first kappa shape index (κ1) is 18.8. The van der Waals surface area contributed by atoms with E-state index in [4.69, 9.17) is 33.3 Å². The summed E-state index contributed by atoms with van der Waals surface area (Å²) in [4.78, 5) is 12.0. The first-order valence-corrected chi connectivity index (χ1v) is 8.08. The monoisotopic (exact) mass is 376 g/mol. The Morgan fingerprint density at radius 2 is 1.84 bits per heavy atom. The standard InChI is InChI=1S/C18H17ClN2O3S/c1-23-15-6-4-3-5-12(15)7-10-17(22)21-18(25)20-13-8-9-16(24-2)14(19)11-13/h3-11H,1-2H3,(H2,20,21,22,25). The number of para-hydroxylation sites is 1. The van der Waals surface area contributed by atoms with Gasteiger partial charge in [0, 0.05) is 17.3 Å². The van der Waals surface area contributed by atoms with E-state index in [0.717, 1.165) is 5.56 Å². The SMILES string of the molecule is COc1ccc(NC(=S)NC(=O)C=Cc2ccccc2OC)cc1Cl. The molecule has 0 aliphatic heterocycles. The minimum absolute atomic E-state index is 0.163. The second kappa shape index (κ2) is 9.05. The Hall–Kier alpha value is -2.57. The molecule has 0 radical (unpaired) electrons. The van der Waals surface area contributed by atoms with Crippen molar-refractivity contribution in [2.45, 2.75) is 0 Å². The number of nitrogens with one attached hydrogen (secondary N) is 2. The molecule has 0 saturated carbocycles. The second-order valence-corrected chi connectivity index (χ2v) is 5.68. The van der Waals surface area contributed by atoms with Crippen LogP contribution in [0, 0.1) is 0 Å². The number of rotatable bonds is 5. The Bertz CT molecular complexity index is 809. The Kier molecular flexibility index (Phi) is 6.80. The molecule has 0 aliphatic rings. The van der Waals surface area contributed by atoms with Gasteiger partial charge in [-0.1, -0.05) is 29.8 Å². The van der Waals surface area contributed by atoms with Crippen molar-refractivity contribution in [1.82, 2.24) is 5.32 Å². The Balaban J connectivity index is 1.95. The van der Waals surface area contributed by atoms with Crippen molar-refractivity contribution in [3.05, 3.63) is 59.1 Å². The maximum Gasteiger partial charge on any atom is 0.250 e. The number of benzene rings is 2. The third-order valence-corrected chi connectivity index (χ3v) is 3.70. The largest absolute Gasteiger partial charge is 0.496 e. The summed E-state index contributed by atoms with van der Waals surface area (Å²) < 4.78 is 10.3. The molecule has 0 unspecified atom stereocenters. The third kappa shape index (κ3) is 5.48. The van der Waals surface area contributed by atoms with Crippen LogP contribution >= 0.6 is 23.8 Å². The number of thiocarbonyl (C=S) groups is 1. The summed E-state index contributed by atoms with van der Waals surface area (Å²) in [6.45, 7) is 0. The van der Waals surface area contributed by atoms with Gasteiger partial charge in [0.25, 0.3) is 0 Å². The molecule has 130 valence electrons. The Labute approximate surface area is 156 Å². The van der Waals surface area contributed by atoms with E-state index in [1.807, 2.05) is 24.3 Å². The predicted molar refractivity (Wildman–Crippen MR) is 104 cm³/mol. The lowest BCUT2D eigenvalue weighted by Crippen LogP contribution is -2.32. The summed E-state index contributed by atoms with van der Waals surface area (Å²) in [6, 6.07) is 12.5. The van der Waals surface area contributed by atoms with Gasteiger partial charge in [-0.2, -0.15) is 0 Å². The van der Waals surface area contributed by atoms with Crippen molar-refractivity contribution >= 4 is 46.6 Å². The van der Waals surface area contributed by atoms with Crippen LogP contribution in [0.1, 0.15) is 5.56 Å². The van der Waals surface area contributed by atoms with Gasteiger partial charge in [0.2, 0.25) is 5.91 Å². The zero-order chi connectivity index (χ0) is 18.2. The molecule has 0 aliphatic carbocycles. The van der Waals surface area contributed by atoms with Crippen LogP contribution < -0.4 is 20.1 Å². The first-order chi connectivity index (χ1) is 12.0. The fourth-order valence-electron chi connectivity index (χ4n) is 2.03. The summed E-state index contributed by atoms with van der Waals surface area (Å²) >= 11 is 11.2. The lowest BCUT2D eigenvalue weighted by Gasteiger charge is -2.10. The summed E-state index contributed by atoms with van der Waals surface area (Å²) in [5.41, 5.74) is 1.44. The number of halogens is 1. The van der Waals surface area contributed by atoms with E-state index in [9.17, 15) is 4.79 Å². The van der Waals surface area contributed by atoms with E-state index in [0.29, 0.717) is 22.2 Å². The summed E-state index contributed by atoms with van der Waals surface area (Å²) in [5, 5.41) is 6.06. The summed E-state index contributed by atoms with van der Waals surface area (Å²) in [6.07, 6.45) is 3.04. The third-order valence-electron chi connectivity index (χ3n) is 3.20. The molecule has 0 fully saturated rings. The van der Waals surface area contributed by atoms with Crippen molar-refractivity contribution in [1.29, 1.82) is 0 Å². The van der Waals surface area contributed by atoms with E-state index in [2.05, 4.69) is 10.6 Å². The Morgan fingerprint density at radius 3 is 2.52 bits per heavy atom. The smallest absolute Gasteiger partial charge is 0.250 e. The van der Waals surface area contributed by atoms with Gasteiger partial charge in [0.1, 0.15) is 11.5 Å². The van der Waals surface area contributed by atoms with Crippen LogP contribution in [0.15, 0.2) is 48.5 Å². The van der Waals surface area contributed by atoms with E-state index < -0.39 is 0 Å². The van der Waals surface area contributed by atoms with Crippen LogP contribution in [-0.2, 0) is 4.79 Å². The van der Waals surface area contributed by atoms with Crippen LogP contribution in [0.3, 0.4) is 0 Å². The van der Waals surface area contributed by atoms with E-state index in [1.165, 1.54) is 13.2 Å². The van der Waals surface area contributed by atoms with Crippen LogP contribution in [0.4, 0.5) is 5.69 Å². The van der Waals surface area contributed by atoms with E-state index in [1.54, 1.807) is 31.4 Å². The normalized spacial score (nSPS) is 10.4. The zero-order valence-corrected chi connectivity index (χ0v) is 15.3.